The minimum Gasteiger partial charge on any atom is -0.366 e. The van der Waals surface area contributed by atoms with Gasteiger partial charge in [0, 0.05) is 36.8 Å². The van der Waals surface area contributed by atoms with E-state index in [-0.39, 0.29) is 17.6 Å². The van der Waals surface area contributed by atoms with Crippen molar-refractivity contribution in [2.75, 3.05) is 0 Å². The van der Waals surface area contributed by atoms with Crippen molar-refractivity contribution < 1.29 is 0 Å². The first kappa shape index (κ1) is 29.4. The van der Waals surface area contributed by atoms with Crippen LogP contribution in [0, 0.1) is 0 Å². The Bertz CT molecular complexity index is 2630. The molecule has 2 aliphatic rings. The molecule has 2 heterocycles. The molecule has 1 aliphatic carbocycles. The molecule has 50 heavy (non-hydrogen) atoms. The van der Waals surface area contributed by atoms with Crippen molar-refractivity contribution in [3.8, 4) is 22.3 Å². The van der Waals surface area contributed by atoms with Gasteiger partial charge in [0.05, 0.1) is 6.04 Å². The Labute approximate surface area is 296 Å². The van der Waals surface area contributed by atoms with E-state index in [1.165, 1.54) is 81.0 Å². The average molecular weight is 661 g/mol. The first-order chi connectivity index (χ1) is 24.5. The third-order valence-electron chi connectivity index (χ3n) is 11.0. The van der Waals surface area contributed by atoms with Crippen LogP contribution >= 0.6 is 11.3 Å². The number of benzene rings is 7. The maximum absolute atomic E-state index is 3.93. The van der Waals surface area contributed by atoms with E-state index in [0.717, 1.165) is 5.70 Å². The lowest BCUT2D eigenvalue weighted by atomic mass is 9.81. The molecule has 0 saturated carbocycles. The molecule has 2 nitrogen and oxygen atoms in total. The largest absolute Gasteiger partial charge is 0.366 e. The summed E-state index contributed by atoms with van der Waals surface area (Å²) in [7, 11) is 0. The van der Waals surface area contributed by atoms with Crippen molar-refractivity contribution in [1.29, 1.82) is 0 Å². The molecule has 8 aromatic rings. The summed E-state index contributed by atoms with van der Waals surface area (Å²) in [4.78, 5) is 0. The van der Waals surface area contributed by atoms with Crippen LogP contribution in [0.2, 0.25) is 0 Å². The molecule has 0 saturated heterocycles. The third kappa shape index (κ3) is 4.58. The monoisotopic (exact) mass is 660 g/mol. The van der Waals surface area contributed by atoms with Crippen molar-refractivity contribution in [3.05, 3.63) is 186 Å². The van der Waals surface area contributed by atoms with Gasteiger partial charge in [-0.3, -0.25) is 5.32 Å². The first-order valence-corrected chi connectivity index (χ1v) is 18.3. The summed E-state index contributed by atoms with van der Waals surface area (Å²) in [6.45, 7) is 4.74. The Morgan fingerprint density at radius 1 is 0.560 bits per heavy atom. The van der Waals surface area contributed by atoms with Gasteiger partial charge >= 0.3 is 0 Å². The highest BCUT2D eigenvalue weighted by molar-refractivity contribution is 7.26. The molecular weight excluding hydrogens is 625 g/mol. The molecule has 2 unspecified atom stereocenters. The van der Waals surface area contributed by atoms with Gasteiger partial charge in [0.15, 0.2) is 0 Å². The van der Waals surface area contributed by atoms with E-state index in [1.807, 2.05) is 11.3 Å². The second kappa shape index (κ2) is 11.3. The summed E-state index contributed by atoms with van der Waals surface area (Å²) < 4.78 is 2.68. The fourth-order valence-electron chi connectivity index (χ4n) is 8.37. The van der Waals surface area contributed by atoms with Crippen LogP contribution in [0.25, 0.3) is 58.9 Å². The summed E-state index contributed by atoms with van der Waals surface area (Å²) in [6, 6.07) is 55.9. The van der Waals surface area contributed by atoms with Crippen LogP contribution < -0.4 is 10.6 Å². The highest BCUT2D eigenvalue weighted by Gasteiger charge is 2.38. The van der Waals surface area contributed by atoms with Crippen LogP contribution in [0.5, 0.6) is 0 Å². The van der Waals surface area contributed by atoms with E-state index in [0.29, 0.717) is 0 Å². The second-order valence-electron chi connectivity index (χ2n) is 14.2. The van der Waals surface area contributed by atoms with Crippen molar-refractivity contribution >= 4 is 48.0 Å². The van der Waals surface area contributed by atoms with Gasteiger partial charge < -0.3 is 5.32 Å². The van der Waals surface area contributed by atoms with Crippen LogP contribution in [0.4, 0.5) is 0 Å². The third-order valence-corrected chi connectivity index (χ3v) is 12.2. The van der Waals surface area contributed by atoms with Crippen LogP contribution in [0.15, 0.2) is 158 Å². The van der Waals surface area contributed by atoms with Crippen LogP contribution in [-0.4, -0.2) is 0 Å². The molecule has 1 aliphatic heterocycles. The fourth-order valence-corrected chi connectivity index (χ4v) is 9.60. The number of hydrogen-bond donors (Lipinski definition) is 2. The van der Waals surface area contributed by atoms with Gasteiger partial charge in [-0.15, -0.1) is 11.3 Å². The van der Waals surface area contributed by atoms with Crippen LogP contribution in [-0.2, 0) is 5.41 Å². The number of rotatable bonds is 4. The topological polar surface area (TPSA) is 24.1 Å². The molecule has 7 aromatic carbocycles. The summed E-state index contributed by atoms with van der Waals surface area (Å²) in [5.41, 5.74) is 12.8. The molecule has 3 heteroatoms. The molecular formula is C47H36N2S. The number of thiophene rings is 1. The van der Waals surface area contributed by atoms with Gasteiger partial charge in [0.2, 0.25) is 0 Å². The molecule has 1 aromatic heterocycles. The smallest absolute Gasteiger partial charge is 0.104 e. The van der Waals surface area contributed by atoms with Gasteiger partial charge in [-0.2, -0.15) is 0 Å². The zero-order valence-corrected chi connectivity index (χ0v) is 28.9. The molecule has 2 atom stereocenters. The maximum atomic E-state index is 3.93. The first-order valence-electron chi connectivity index (χ1n) is 17.5. The second-order valence-corrected chi connectivity index (χ2v) is 15.3. The van der Waals surface area contributed by atoms with E-state index in [2.05, 4.69) is 182 Å². The molecule has 0 radical (unpaired) electrons. The van der Waals surface area contributed by atoms with Crippen molar-refractivity contribution in [2.24, 2.45) is 0 Å². The minimum absolute atomic E-state index is 0.0203. The van der Waals surface area contributed by atoms with Gasteiger partial charge in [-0.25, -0.2) is 0 Å². The lowest BCUT2D eigenvalue weighted by Gasteiger charge is -2.34. The molecule has 0 spiro atoms. The molecule has 10 rings (SSSR count). The average Bonchev–Trinajstić information content (AvgIpc) is 3.66. The molecule has 0 fully saturated rings. The number of nitrogens with one attached hydrogen (secondary N) is 2. The van der Waals surface area contributed by atoms with Crippen molar-refractivity contribution in [2.45, 2.75) is 31.5 Å². The summed E-state index contributed by atoms with van der Waals surface area (Å²) in [6.07, 6.45) is 2.34. The van der Waals surface area contributed by atoms with E-state index in [1.54, 1.807) is 0 Å². The van der Waals surface area contributed by atoms with E-state index in [9.17, 15) is 0 Å². The maximum Gasteiger partial charge on any atom is 0.104 e. The minimum atomic E-state index is -0.0937. The summed E-state index contributed by atoms with van der Waals surface area (Å²) >= 11 is 1.89. The van der Waals surface area contributed by atoms with Gasteiger partial charge in [-0.1, -0.05) is 147 Å². The fraction of sp³-hybridized carbons (Fsp3) is 0.106. The van der Waals surface area contributed by atoms with E-state index in [4.69, 9.17) is 0 Å². The Kier molecular flexibility index (Phi) is 6.64. The molecule has 240 valence electrons. The van der Waals surface area contributed by atoms with E-state index >= 15 is 0 Å². The predicted octanol–water partition coefficient (Wildman–Crippen LogP) is 12.2. The number of hydrogen-bond acceptors (Lipinski definition) is 3. The standard InChI is InChI=1S/C47H36N2S/c1-47(2)39-20-11-19-37(44(39)38-26-32-14-6-7-15-33(32)27-40(38)47)42-28-41(48-46(49-42)31-12-4-3-5-13-31)30-24-22-29(23-25-30)34-17-10-18-36-35-16-8-9-21-43(35)50-45(34)36/h3-28,41,46,48-49H,1-2H3. The van der Waals surface area contributed by atoms with Crippen LogP contribution in [0.3, 0.4) is 0 Å². The van der Waals surface area contributed by atoms with E-state index < -0.39 is 0 Å². The normalized spacial score (nSPS) is 17.8. The lowest BCUT2D eigenvalue weighted by Crippen LogP contribution is -2.39. The van der Waals surface area contributed by atoms with Crippen LogP contribution in [0.1, 0.15) is 53.9 Å². The Balaban J connectivity index is 1.09. The van der Waals surface area contributed by atoms with Crippen molar-refractivity contribution in [1.82, 2.24) is 10.6 Å². The molecule has 0 amide bonds. The number of fused-ring (bicyclic) bond motifs is 7. The Morgan fingerprint density at radius 3 is 2.10 bits per heavy atom. The Hall–Kier alpha value is -5.48. The Morgan fingerprint density at radius 2 is 1.26 bits per heavy atom. The van der Waals surface area contributed by atoms with Crippen molar-refractivity contribution in [3.63, 3.8) is 0 Å². The summed E-state index contributed by atoms with van der Waals surface area (Å²) in [5.74, 6) is 0. The molecule has 2 N–H and O–H groups in total. The summed E-state index contributed by atoms with van der Waals surface area (Å²) in [5, 5.41) is 13.1. The lowest BCUT2D eigenvalue weighted by molar-refractivity contribution is 0.443. The quantitative estimate of drug-likeness (QED) is 0.196. The zero-order chi connectivity index (χ0) is 33.4. The highest BCUT2D eigenvalue weighted by atomic mass is 32.1. The van der Waals surface area contributed by atoms with Gasteiger partial charge in [-0.05, 0) is 79.6 Å². The SMILES string of the molecule is CC1(C)c2cc3ccccc3cc2-c2c(C3=CC(c4ccc(-c5cccc6c5sc5ccccc56)cc4)NC(c4ccccc4)N3)cccc21. The molecule has 0 bridgehead atoms. The highest BCUT2D eigenvalue weighted by Crippen LogP contribution is 2.52. The van der Waals surface area contributed by atoms with Gasteiger partial charge in [0.25, 0.3) is 0 Å². The zero-order valence-electron chi connectivity index (χ0n) is 28.1. The van der Waals surface area contributed by atoms with Gasteiger partial charge in [0.1, 0.15) is 6.17 Å². The predicted molar refractivity (Wildman–Crippen MR) is 212 cm³/mol.